The van der Waals surface area contributed by atoms with Crippen LogP contribution in [0.5, 0.6) is 0 Å². The Labute approximate surface area is 74.0 Å². The second-order valence-electron chi connectivity index (χ2n) is 2.52. The molecule has 0 spiro atoms. The van der Waals surface area contributed by atoms with Gasteiger partial charge < -0.3 is 9.64 Å². The minimum absolute atomic E-state index is 0.0195. The molecule has 0 N–H and O–H groups in total. The van der Waals surface area contributed by atoms with Crippen molar-refractivity contribution in [3.63, 3.8) is 0 Å². The van der Waals surface area contributed by atoms with Crippen molar-refractivity contribution in [1.82, 2.24) is 4.90 Å². The summed E-state index contributed by atoms with van der Waals surface area (Å²) in [4.78, 5) is 12.9. The molecule has 0 aliphatic rings. The molecule has 0 aromatic carbocycles. The standard InChI is InChI=1S/C9H17NO2/c1-4-6-10(7-8-12-3)9(11)5-2/h5H,2,4,6-8H2,1,3H3. The van der Waals surface area contributed by atoms with Gasteiger partial charge in [-0.3, -0.25) is 4.79 Å². The molecule has 0 unspecified atom stereocenters. The van der Waals surface area contributed by atoms with E-state index >= 15 is 0 Å². The fourth-order valence-corrected chi connectivity index (χ4v) is 0.933. The van der Waals surface area contributed by atoms with Crippen LogP contribution >= 0.6 is 0 Å². The SMILES string of the molecule is C=CC(=O)N(CCC)CCOC. The summed E-state index contributed by atoms with van der Waals surface area (Å²) in [6.07, 6.45) is 2.30. The van der Waals surface area contributed by atoms with Gasteiger partial charge in [0.15, 0.2) is 0 Å². The average molecular weight is 171 g/mol. The number of carbonyl (C=O) groups excluding carboxylic acids is 1. The molecule has 70 valence electrons. The molecule has 0 aromatic heterocycles. The van der Waals surface area contributed by atoms with Crippen molar-refractivity contribution in [2.45, 2.75) is 13.3 Å². The summed E-state index contributed by atoms with van der Waals surface area (Å²) in [6, 6.07) is 0. The summed E-state index contributed by atoms with van der Waals surface area (Å²) in [5, 5.41) is 0. The fourth-order valence-electron chi connectivity index (χ4n) is 0.933. The Hall–Kier alpha value is -0.830. The van der Waals surface area contributed by atoms with Crippen molar-refractivity contribution in [2.24, 2.45) is 0 Å². The topological polar surface area (TPSA) is 29.5 Å². The minimum Gasteiger partial charge on any atom is -0.383 e. The number of nitrogens with zero attached hydrogens (tertiary/aromatic N) is 1. The Morgan fingerprint density at radius 3 is 2.67 bits per heavy atom. The van der Waals surface area contributed by atoms with Crippen LogP contribution in [0, 0.1) is 0 Å². The Balaban J connectivity index is 3.84. The summed E-state index contributed by atoms with van der Waals surface area (Å²) in [5.41, 5.74) is 0. The molecule has 0 radical (unpaired) electrons. The van der Waals surface area contributed by atoms with Crippen LogP contribution in [0.4, 0.5) is 0 Å². The molecule has 3 heteroatoms. The van der Waals surface area contributed by atoms with Gasteiger partial charge in [-0.25, -0.2) is 0 Å². The molecule has 0 bridgehead atoms. The van der Waals surface area contributed by atoms with Crippen molar-refractivity contribution < 1.29 is 9.53 Å². The third-order valence-electron chi connectivity index (χ3n) is 1.55. The third-order valence-corrected chi connectivity index (χ3v) is 1.55. The number of methoxy groups -OCH3 is 1. The quantitative estimate of drug-likeness (QED) is 0.559. The van der Waals surface area contributed by atoms with Gasteiger partial charge in [0.1, 0.15) is 0 Å². The number of ether oxygens (including phenoxy) is 1. The lowest BCUT2D eigenvalue weighted by Gasteiger charge is -2.19. The highest BCUT2D eigenvalue weighted by molar-refractivity contribution is 5.86. The fraction of sp³-hybridized carbons (Fsp3) is 0.667. The molecule has 0 aromatic rings. The minimum atomic E-state index is -0.0195. The van der Waals surface area contributed by atoms with E-state index in [1.807, 2.05) is 6.92 Å². The van der Waals surface area contributed by atoms with Gasteiger partial charge in [-0.05, 0) is 12.5 Å². The largest absolute Gasteiger partial charge is 0.383 e. The lowest BCUT2D eigenvalue weighted by Crippen LogP contribution is -2.33. The monoisotopic (exact) mass is 171 g/mol. The molecule has 0 rings (SSSR count). The molecular weight excluding hydrogens is 154 g/mol. The Morgan fingerprint density at radius 2 is 2.25 bits per heavy atom. The van der Waals surface area contributed by atoms with E-state index in [1.54, 1.807) is 12.0 Å². The van der Waals surface area contributed by atoms with Crippen LogP contribution in [-0.2, 0) is 9.53 Å². The summed E-state index contributed by atoms with van der Waals surface area (Å²) in [5.74, 6) is -0.0195. The normalized spacial score (nSPS) is 9.50. The average Bonchev–Trinajstić information content (AvgIpc) is 2.11. The molecule has 0 atom stereocenters. The van der Waals surface area contributed by atoms with E-state index in [-0.39, 0.29) is 5.91 Å². The van der Waals surface area contributed by atoms with Crippen molar-refractivity contribution in [3.05, 3.63) is 12.7 Å². The molecule has 0 saturated heterocycles. The van der Waals surface area contributed by atoms with Crippen LogP contribution in [0.2, 0.25) is 0 Å². The summed E-state index contributed by atoms with van der Waals surface area (Å²) >= 11 is 0. The smallest absolute Gasteiger partial charge is 0.246 e. The number of amides is 1. The maximum atomic E-state index is 11.2. The van der Waals surface area contributed by atoms with Gasteiger partial charge in [-0.2, -0.15) is 0 Å². The third kappa shape index (κ3) is 4.13. The van der Waals surface area contributed by atoms with Crippen LogP contribution < -0.4 is 0 Å². The maximum Gasteiger partial charge on any atom is 0.246 e. The van der Waals surface area contributed by atoms with E-state index in [2.05, 4.69) is 6.58 Å². The Bertz CT molecular complexity index is 145. The van der Waals surface area contributed by atoms with Gasteiger partial charge in [0.05, 0.1) is 6.61 Å². The highest BCUT2D eigenvalue weighted by Crippen LogP contribution is 1.93. The Morgan fingerprint density at radius 1 is 1.58 bits per heavy atom. The van der Waals surface area contributed by atoms with Crippen LogP contribution in [-0.4, -0.2) is 37.6 Å². The molecule has 0 saturated carbocycles. The lowest BCUT2D eigenvalue weighted by atomic mass is 10.4. The van der Waals surface area contributed by atoms with Crippen LogP contribution in [0.1, 0.15) is 13.3 Å². The molecule has 3 nitrogen and oxygen atoms in total. The van der Waals surface area contributed by atoms with Crippen molar-refractivity contribution >= 4 is 5.91 Å². The van der Waals surface area contributed by atoms with E-state index in [0.29, 0.717) is 13.2 Å². The summed E-state index contributed by atoms with van der Waals surface area (Å²) in [6.45, 7) is 7.48. The van der Waals surface area contributed by atoms with Gasteiger partial charge in [0, 0.05) is 20.2 Å². The first-order valence-electron chi connectivity index (χ1n) is 4.16. The van der Waals surface area contributed by atoms with E-state index in [4.69, 9.17) is 4.74 Å². The molecule has 0 fully saturated rings. The predicted octanol–water partition coefficient (Wildman–Crippen LogP) is 1.06. The summed E-state index contributed by atoms with van der Waals surface area (Å²) in [7, 11) is 1.63. The maximum absolute atomic E-state index is 11.2. The lowest BCUT2D eigenvalue weighted by molar-refractivity contribution is -0.126. The first-order chi connectivity index (χ1) is 5.76. The number of hydrogen-bond acceptors (Lipinski definition) is 2. The van der Waals surface area contributed by atoms with E-state index in [1.165, 1.54) is 6.08 Å². The second-order valence-corrected chi connectivity index (χ2v) is 2.52. The van der Waals surface area contributed by atoms with Gasteiger partial charge in [-0.1, -0.05) is 13.5 Å². The zero-order valence-electron chi connectivity index (χ0n) is 7.88. The second kappa shape index (κ2) is 6.85. The van der Waals surface area contributed by atoms with Crippen LogP contribution in [0.25, 0.3) is 0 Å². The highest BCUT2D eigenvalue weighted by atomic mass is 16.5. The highest BCUT2D eigenvalue weighted by Gasteiger charge is 2.07. The number of hydrogen-bond donors (Lipinski definition) is 0. The number of carbonyl (C=O) groups is 1. The first kappa shape index (κ1) is 11.2. The first-order valence-corrected chi connectivity index (χ1v) is 4.16. The molecule has 1 amide bonds. The van der Waals surface area contributed by atoms with Gasteiger partial charge in [-0.15, -0.1) is 0 Å². The molecule has 0 aliphatic carbocycles. The van der Waals surface area contributed by atoms with Gasteiger partial charge in [0.2, 0.25) is 5.91 Å². The van der Waals surface area contributed by atoms with Crippen LogP contribution in [0.15, 0.2) is 12.7 Å². The van der Waals surface area contributed by atoms with E-state index in [9.17, 15) is 4.79 Å². The zero-order valence-corrected chi connectivity index (χ0v) is 7.88. The van der Waals surface area contributed by atoms with Gasteiger partial charge in [0.25, 0.3) is 0 Å². The molecule has 0 aliphatic heterocycles. The van der Waals surface area contributed by atoms with Crippen molar-refractivity contribution in [2.75, 3.05) is 26.8 Å². The molecule has 12 heavy (non-hydrogen) atoms. The zero-order chi connectivity index (χ0) is 9.40. The predicted molar refractivity (Wildman–Crippen MR) is 48.9 cm³/mol. The Kier molecular flexibility index (Phi) is 6.38. The summed E-state index contributed by atoms with van der Waals surface area (Å²) < 4.78 is 4.89. The number of rotatable bonds is 6. The molecular formula is C9H17NO2. The van der Waals surface area contributed by atoms with Crippen LogP contribution in [0.3, 0.4) is 0 Å². The van der Waals surface area contributed by atoms with E-state index < -0.39 is 0 Å². The van der Waals surface area contributed by atoms with Gasteiger partial charge >= 0.3 is 0 Å². The van der Waals surface area contributed by atoms with Crippen molar-refractivity contribution in [3.8, 4) is 0 Å². The molecule has 0 heterocycles. The van der Waals surface area contributed by atoms with E-state index in [0.717, 1.165) is 13.0 Å². The van der Waals surface area contributed by atoms with Crippen molar-refractivity contribution in [1.29, 1.82) is 0 Å².